The predicted molar refractivity (Wildman–Crippen MR) is 128 cm³/mol. The van der Waals surface area contributed by atoms with E-state index in [2.05, 4.69) is 21.5 Å². The largest absolute Gasteiger partial charge is 0.326 e. The molecule has 2 aliphatic rings. The van der Waals surface area contributed by atoms with Crippen molar-refractivity contribution in [3.8, 4) is 0 Å². The zero-order chi connectivity index (χ0) is 23.9. The minimum atomic E-state index is -0.501. The van der Waals surface area contributed by atoms with E-state index in [-0.39, 0.29) is 54.1 Å². The maximum atomic E-state index is 14.4. The van der Waals surface area contributed by atoms with Gasteiger partial charge in [0, 0.05) is 30.5 Å². The monoisotopic (exact) mass is 466 g/mol. The summed E-state index contributed by atoms with van der Waals surface area (Å²) in [5.74, 6) is -0.657. The normalized spacial score (nSPS) is 21.8. The second kappa shape index (κ2) is 11.2. The topological polar surface area (TPSA) is 99.3 Å². The number of fused-ring (bicyclic) bond motifs is 1. The lowest BCUT2D eigenvalue weighted by molar-refractivity contribution is -0.133. The standard InChI is InChI=1S/C26H31FN4O3/c27-21-14-13-17(15-22-19-9-4-5-10-20(19)26(34)31-30-22)16-23(21)29-25(33)12-6-11-24(32)28-18-7-2-1-3-8-18/h1-3,7-8,13-14,16,19-20,22,30H,4-6,9-12,15H2,(H,28,32)(H,29,33)(H,31,34). The van der Waals surface area contributed by atoms with Crippen LogP contribution in [0.2, 0.25) is 0 Å². The fourth-order valence-electron chi connectivity index (χ4n) is 4.95. The third-order valence-electron chi connectivity index (χ3n) is 6.68. The molecule has 0 spiro atoms. The van der Waals surface area contributed by atoms with Crippen molar-refractivity contribution in [3.63, 3.8) is 0 Å². The number of para-hydroxylation sites is 1. The van der Waals surface area contributed by atoms with Crippen LogP contribution in [0, 0.1) is 17.7 Å². The molecule has 1 aliphatic carbocycles. The molecule has 3 amide bonds. The first-order chi connectivity index (χ1) is 16.5. The number of carbonyl (C=O) groups excluding carboxylic acids is 3. The maximum absolute atomic E-state index is 14.4. The second-order valence-electron chi connectivity index (χ2n) is 9.13. The molecular formula is C26H31FN4O3. The summed E-state index contributed by atoms with van der Waals surface area (Å²) in [6.45, 7) is 0. The number of nitrogens with one attached hydrogen (secondary N) is 4. The predicted octanol–water partition coefficient (Wildman–Crippen LogP) is 3.93. The number of carbonyl (C=O) groups is 3. The first-order valence-electron chi connectivity index (χ1n) is 12.0. The molecule has 2 aromatic rings. The van der Waals surface area contributed by atoms with E-state index in [4.69, 9.17) is 0 Å². The number of benzene rings is 2. The van der Waals surface area contributed by atoms with E-state index in [1.165, 1.54) is 6.07 Å². The van der Waals surface area contributed by atoms with Crippen molar-refractivity contribution < 1.29 is 18.8 Å². The van der Waals surface area contributed by atoms with E-state index in [9.17, 15) is 18.8 Å². The molecule has 4 N–H and O–H groups in total. The van der Waals surface area contributed by atoms with Crippen molar-refractivity contribution in [2.75, 3.05) is 10.6 Å². The van der Waals surface area contributed by atoms with Gasteiger partial charge in [0.25, 0.3) is 0 Å². The van der Waals surface area contributed by atoms with Gasteiger partial charge in [-0.2, -0.15) is 0 Å². The van der Waals surface area contributed by atoms with Crippen molar-refractivity contribution in [3.05, 3.63) is 59.9 Å². The molecule has 1 heterocycles. The molecule has 1 saturated carbocycles. The Bertz CT molecular complexity index is 1030. The molecule has 0 radical (unpaired) electrons. The molecule has 3 unspecified atom stereocenters. The molecule has 34 heavy (non-hydrogen) atoms. The Hall–Kier alpha value is -3.26. The summed E-state index contributed by atoms with van der Waals surface area (Å²) >= 11 is 0. The van der Waals surface area contributed by atoms with E-state index < -0.39 is 5.82 Å². The average Bonchev–Trinajstić information content (AvgIpc) is 2.84. The summed E-state index contributed by atoms with van der Waals surface area (Å²) in [5, 5.41) is 5.42. The van der Waals surface area contributed by atoms with Crippen LogP contribution in [-0.4, -0.2) is 23.8 Å². The first kappa shape index (κ1) is 23.9. The Morgan fingerprint density at radius 2 is 1.71 bits per heavy atom. The number of hydrogen-bond acceptors (Lipinski definition) is 4. The number of amides is 3. The molecule has 0 bridgehead atoms. The van der Waals surface area contributed by atoms with Gasteiger partial charge in [-0.3, -0.25) is 19.8 Å². The third kappa shape index (κ3) is 6.20. The van der Waals surface area contributed by atoms with Crippen LogP contribution in [0.4, 0.5) is 15.8 Å². The van der Waals surface area contributed by atoms with Crippen molar-refractivity contribution in [2.45, 2.75) is 57.4 Å². The highest BCUT2D eigenvalue weighted by Crippen LogP contribution is 2.35. The zero-order valence-electron chi connectivity index (χ0n) is 19.1. The Morgan fingerprint density at radius 1 is 0.971 bits per heavy atom. The highest BCUT2D eigenvalue weighted by molar-refractivity contribution is 5.93. The summed E-state index contributed by atoms with van der Waals surface area (Å²) < 4.78 is 14.4. The van der Waals surface area contributed by atoms with E-state index in [1.54, 1.807) is 24.3 Å². The minimum Gasteiger partial charge on any atom is -0.326 e. The molecule has 180 valence electrons. The second-order valence-corrected chi connectivity index (χ2v) is 9.13. The van der Waals surface area contributed by atoms with Gasteiger partial charge < -0.3 is 10.6 Å². The number of halogens is 1. The van der Waals surface area contributed by atoms with E-state index in [0.717, 1.165) is 31.2 Å². The van der Waals surface area contributed by atoms with Gasteiger partial charge >= 0.3 is 0 Å². The Morgan fingerprint density at radius 3 is 2.50 bits per heavy atom. The first-order valence-corrected chi connectivity index (χ1v) is 12.0. The number of hydrazine groups is 1. The lowest BCUT2D eigenvalue weighted by Gasteiger charge is -2.41. The molecular weight excluding hydrogens is 435 g/mol. The summed E-state index contributed by atoms with van der Waals surface area (Å²) in [6.07, 6.45) is 5.40. The fourth-order valence-corrected chi connectivity index (χ4v) is 4.95. The Kier molecular flexibility index (Phi) is 7.90. The molecule has 4 rings (SSSR count). The van der Waals surface area contributed by atoms with Crippen LogP contribution in [0.1, 0.15) is 50.5 Å². The smallest absolute Gasteiger partial charge is 0.237 e. The Labute approximate surface area is 198 Å². The van der Waals surface area contributed by atoms with Crippen molar-refractivity contribution in [1.29, 1.82) is 0 Å². The highest BCUT2D eigenvalue weighted by Gasteiger charge is 2.39. The summed E-state index contributed by atoms with van der Waals surface area (Å²) in [4.78, 5) is 36.6. The van der Waals surface area contributed by atoms with Crippen LogP contribution < -0.4 is 21.5 Å². The Balaban J connectivity index is 1.28. The van der Waals surface area contributed by atoms with Gasteiger partial charge in [-0.05, 0) is 61.4 Å². The fraction of sp³-hybridized carbons (Fsp3) is 0.423. The van der Waals surface area contributed by atoms with Gasteiger partial charge in [-0.1, -0.05) is 37.1 Å². The minimum absolute atomic E-state index is 0.0266. The summed E-state index contributed by atoms with van der Waals surface area (Å²) in [5.41, 5.74) is 7.65. The number of anilines is 2. The van der Waals surface area contributed by atoms with E-state index in [0.29, 0.717) is 18.5 Å². The van der Waals surface area contributed by atoms with Gasteiger partial charge in [0.2, 0.25) is 17.7 Å². The summed E-state index contributed by atoms with van der Waals surface area (Å²) in [7, 11) is 0. The molecule has 3 atom stereocenters. The zero-order valence-corrected chi connectivity index (χ0v) is 19.1. The maximum Gasteiger partial charge on any atom is 0.237 e. The van der Waals surface area contributed by atoms with E-state index in [1.807, 2.05) is 18.2 Å². The third-order valence-corrected chi connectivity index (χ3v) is 6.68. The molecule has 7 nitrogen and oxygen atoms in total. The van der Waals surface area contributed by atoms with Crippen molar-refractivity contribution in [2.24, 2.45) is 11.8 Å². The van der Waals surface area contributed by atoms with Gasteiger partial charge in [-0.15, -0.1) is 0 Å². The summed E-state index contributed by atoms with van der Waals surface area (Å²) in [6, 6.07) is 13.9. The molecule has 2 fully saturated rings. The lowest BCUT2D eigenvalue weighted by Crippen LogP contribution is -2.60. The number of hydrogen-bond donors (Lipinski definition) is 4. The van der Waals surface area contributed by atoms with Gasteiger partial charge in [-0.25, -0.2) is 9.82 Å². The average molecular weight is 467 g/mol. The van der Waals surface area contributed by atoms with Gasteiger partial charge in [0.1, 0.15) is 5.82 Å². The molecule has 2 aromatic carbocycles. The highest BCUT2D eigenvalue weighted by atomic mass is 19.1. The van der Waals surface area contributed by atoms with Crippen LogP contribution in [0.25, 0.3) is 0 Å². The van der Waals surface area contributed by atoms with Crippen LogP contribution in [0.3, 0.4) is 0 Å². The molecule has 0 aromatic heterocycles. The quantitative estimate of drug-likeness (QED) is 0.474. The van der Waals surface area contributed by atoms with Crippen LogP contribution >= 0.6 is 0 Å². The molecule has 1 aliphatic heterocycles. The number of rotatable bonds is 8. The van der Waals surface area contributed by atoms with E-state index >= 15 is 0 Å². The lowest BCUT2D eigenvalue weighted by atomic mass is 9.72. The van der Waals surface area contributed by atoms with Crippen LogP contribution in [0.5, 0.6) is 0 Å². The van der Waals surface area contributed by atoms with Crippen LogP contribution in [0.15, 0.2) is 48.5 Å². The molecule has 8 heteroatoms. The van der Waals surface area contributed by atoms with Gasteiger partial charge in [0.05, 0.1) is 5.69 Å². The van der Waals surface area contributed by atoms with Crippen molar-refractivity contribution in [1.82, 2.24) is 10.9 Å². The molecule has 1 saturated heterocycles. The van der Waals surface area contributed by atoms with Gasteiger partial charge in [0.15, 0.2) is 0 Å². The van der Waals surface area contributed by atoms with Crippen LogP contribution in [-0.2, 0) is 20.8 Å². The van der Waals surface area contributed by atoms with Crippen molar-refractivity contribution >= 4 is 29.1 Å². The SMILES string of the molecule is O=C(CCCC(=O)Nc1cc(CC2NNC(=O)C3CCCCC23)ccc1F)Nc1ccccc1.